The van der Waals surface area contributed by atoms with Gasteiger partial charge in [0.25, 0.3) is 7.82 Å². The Morgan fingerprint density at radius 1 is 0.439 bits per heavy atom. The summed E-state index contributed by atoms with van der Waals surface area (Å²) >= 11 is 0. The Labute approximate surface area is 507 Å². The Morgan fingerprint density at radius 3 is 1.13 bits per heavy atom. The van der Waals surface area contributed by atoms with Gasteiger partial charge in [0.05, 0.1) is 39.9 Å². The molecular formula is C73H129N2O6P. The first-order chi connectivity index (χ1) is 40.0. The fourth-order valence-electron chi connectivity index (χ4n) is 9.42. The molecule has 0 aliphatic carbocycles. The number of hydrogen-bond acceptors (Lipinski definition) is 6. The molecule has 0 saturated carbocycles. The number of phosphoric ester groups is 1. The number of nitrogens with zero attached hydrogens (tertiary/aromatic N) is 1. The largest absolute Gasteiger partial charge is 0.756 e. The van der Waals surface area contributed by atoms with Gasteiger partial charge in [0, 0.05) is 6.42 Å². The van der Waals surface area contributed by atoms with Gasteiger partial charge in [-0.05, 0) is 96.3 Å². The van der Waals surface area contributed by atoms with E-state index in [1.165, 1.54) is 167 Å². The molecule has 0 aromatic heterocycles. The van der Waals surface area contributed by atoms with E-state index in [1.807, 2.05) is 27.2 Å². The van der Waals surface area contributed by atoms with Crippen molar-refractivity contribution in [2.75, 3.05) is 40.9 Å². The number of carbonyl (C=O) groups is 1. The van der Waals surface area contributed by atoms with Gasteiger partial charge in [0.15, 0.2) is 0 Å². The summed E-state index contributed by atoms with van der Waals surface area (Å²) in [5.74, 6) is -0.214. The van der Waals surface area contributed by atoms with E-state index in [9.17, 15) is 19.4 Å². The molecule has 0 spiro atoms. The molecule has 0 rings (SSSR count). The van der Waals surface area contributed by atoms with Crippen molar-refractivity contribution >= 4 is 13.7 Å². The number of unbranched alkanes of at least 4 members (excludes halogenated alkanes) is 30. The van der Waals surface area contributed by atoms with Gasteiger partial charge in [0.2, 0.25) is 5.91 Å². The second-order valence-electron chi connectivity index (χ2n) is 23.8. The predicted molar refractivity (Wildman–Crippen MR) is 357 cm³/mol. The zero-order valence-corrected chi connectivity index (χ0v) is 54.8. The van der Waals surface area contributed by atoms with Crippen LogP contribution in [0, 0.1) is 0 Å². The van der Waals surface area contributed by atoms with E-state index in [4.69, 9.17) is 9.05 Å². The number of likely N-dealkylation sites (N-methyl/N-ethyl adjacent to an activating group) is 1. The molecule has 472 valence electrons. The van der Waals surface area contributed by atoms with E-state index >= 15 is 0 Å². The zero-order chi connectivity index (χ0) is 59.8. The normalized spacial score (nSPS) is 14.5. The Bertz CT molecular complexity index is 1750. The molecule has 0 radical (unpaired) electrons. The Balaban J connectivity index is 4.18. The lowest BCUT2D eigenvalue weighted by Gasteiger charge is -2.29. The molecule has 1 amide bonds. The summed E-state index contributed by atoms with van der Waals surface area (Å²) in [7, 11) is 1.23. The van der Waals surface area contributed by atoms with Crippen molar-refractivity contribution in [1.29, 1.82) is 0 Å². The number of allylic oxidation sites excluding steroid dienone is 19. The lowest BCUT2D eigenvalue weighted by molar-refractivity contribution is -0.870. The number of nitrogens with one attached hydrogen (secondary N) is 1. The molecule has 0 aliphatic heterocycles. The molecule has 0 heterocycles. The molecular weight excluding hydrogens is 1030 g/mol. The summed E-state index contributed by atoms with van der Waals surface area (Å²) in [6, 6.07) is -0.916. The first kappa shape index (κ1) is 78.9. The van der Waals surface area contributed by atoms with E-state index in [1.54, 1.807) is 6.08 Å². The fraction of sp³-hybridized carbons (Fsp3) is 0.712. The monoisotopic (exact) mass is 1160 g/mol. The van der Waals surface area contributed by atoms with Gasteiger partial charge in [-0.1, -0.05) is 302 Å². The van der Waals surface area contributed by atoms with Gasteiger partial charge in [-0.25, -0.2) is 0 Å². The van der Waals surface area contributed by atoms with Crippen molar-refractivity contribution in [3.05, 3.63) is 122 Å². The molecule has 0 aromatic carbocycles. The highest BCUT2D eigenvalue weighted by Gasteiger charge is 2.23. The van der Waals surface area contributed by atoms with Gasteiger partial charge in [-0.15, -0.1) is 0 Å². The topological polar surface area (TPSA) is 108 Å². The van der Waals surface area contributed by atoms with E-state index < -0.39 is 26.6 Å². The van der Waals surface area contributed by atoms with Crippen LogP contribution < -0.4 is 10.2 Å². The van der Waals surface area contributed by atoms with Crippen LogP contribution in [0.25, 0.3) is 0 Å². The lowest BCUT2D eigenvalue weighted by atomic mass is 10.0. The second-order valence-corrected chi connectivity index (χ2v) is 25.2. The van der Waals surface area contributed by atoms with Gasteiger partial charge in [-0.3, -0.25) is 9.36 Å². The number of hydrogen-bond donors (Lipinski definition) is 2. The molecule has 3 atom stereocenters. The highest BCUT2D eigenvalue weighted by molar-refractivity contribution is 7.45. The summed E-state index contributed by atoms with van der Waals surface area (Å²) in [6.07, 6.45) is 93.1. The highest BCUT2D eigenvalue weighted by atomic mass is 31.2. The van der Waals surface area contributed by atoms with Crippen molar-refractivity contribution in [2.45, 2.75) is 296 Å². The van der Waals surface area contributed by atoms with Crippen LogP contribution in [0.4, 0.5) is 0 Å². The van der Waals surface area contributed by atoms with Crippen molar-refractivity contribution in [3.8, 4) is 0 Å². The van der Waals surface area contributed by atoms with Crippen molar-refractivity contribution in [2.24, 2.45) is 0 Å². The van der Waals surface area contributed by atoms with Gasteiger partial charge >= 0.3 is 0 Å². The van der Waals surface area contributed by atoms with Crippen molar-refractivity contribution in [1.82, 2.24) is 5.32 Å². The molecule has 3 unspecified atom stereocenters. The van der Waals surface area contributed by atoms with Gasteiger partial charge in [-0.2, -0.15) is 0 Å². The van der Waals surface area contributed by atoms with Crippen LogP contribution in [0.3, 0.4) is 0 Å². The maximum Gasteiger partial charge on any atom is 0.268 e. The van der Waals surface area contributed by atoms with Gasteiger partial charge in [0.1, 0.15) is 13.2 Å². The third-order valence-corrected chi connectivity index (χ3v) is 15.6. The molecule has 0 aromatic rings. The summed E-state index contributed by atoms with van der Waals surface area (Å²) < 4.78 is 23.4. The standard InChI is InChI=1S/C73H129N2O6P/c1-6-8-10-12-14-16-18-20-22-24-26-28-30-32-33-34-35-36-37-38-39-40-41-43-45-47-49-51-53-55-57-59-61-63-65-67-73(77)74-71(70-81-82(78,79)80-69-68-75(3,4)5)72(76)66-64-62-60-58-56-54-52-50-48-46-44-42-31-29-27-25-23-21-19-17-15-13-11-9-7-2/h8,10,14,16,20,22,26,28,32-33,35-36,38-39,41,43,56,58,64,66,71-72,76H,6-7,9,11-13,15,17-19,21,23-25,27,29-31,34,37,40,42,44-55,57,59-63,65,67-70H2,1-5H3,(H-,74,77,78,79)/b10-8-,16-14-,22-20-,28-26-,33-32-,36-35-,39-38-,43-41-,58-56+,66-64+. The average molecular weight is 1160 g/mol. The minimum Gasteiger partial charge on any atom is -0.756 e. The number of aliphatic hydroxyl groups is 1. The zero-order valence-electron chi connectivity index (χ0n) is 53.9. The molecule has 0 aliphatic rings. The maximum atomic E-state index is 13.0. The molecule has 82 heavy (non-hydrogen) atoms. The number of phosphoric acid groups is 1. The number of quaternary nitrogens is 1. The maximum absolute atomic E-state index is 13.0. The fourth-order valence-corrected chi connectivity index (χ4v) is 10.1. The Kier molecular flexibility index (Phi) is 60.1. The third kappa shape index (κ3) is 64.5. The van der Waals surface area contributed by atoms with Crippen LogP contribution in [0.1, 0.15) is 284 Å². The summed E-state index contributed by atoms with van der Waals surface area (Å²) in [6.45, 7) is 4.53. The molecule has 2 N–H and O–H groups in total. The van der Waals surface area contributed by atoms with E-state index in [0.717, 1.165) is 96.3 Å². The van der Waals surface area contributed by atoms with E-state index in [-0.39, 0.29) is 12.5 Å². The highest BCUT2D eigenvalue weighted by Crippen LogP contribution is 2.38. The van der Waals surface area contributed by atoms with Crippen molar-refractivity contribution in [3.63, 3.8) is 0 Å². The summed E-state index contributed by atoms with van der Waals surface area (Å²) in [5.41, 5.74) is 0. The first-order valence-electron chi connectivity index (χ1n) is 33.9. The molecule has 0 saturated heterocycles. The Morgan fingerprint density at radius 2 is 0.756 bits per heavy atom. The van der Waals surface area contributed by atoms with Crippen LogP contribution >= 0.6 is 7.82 Å². The number of aliphatic hydroxyl groups excluding tert-OH is 1. The summed E-state index contributed by atoms with van der Waals surface area (Å²) in [4.78, 5) is 25.6. The third-order valence-electron chi connectivity index (χ3n) is 14.7. The predicted octanol–water partition coefficient (Wildman–Crippen LogP) is 21.0. The van der Waals surface area contributed by atoms with Crippen LogP contribution in [0.5, 0.6) is 0 Å². The molecule has 0 fully saturated rings. The minimum atomic E-state index is -4.62. The molecule has 0 bridgehead atoms. The molecule has 8 nitrogen and oxygen atoms in total. The van der Waals surface area contributed by atoms with Crippen LogP contribution in [-0.2, 0) is 18.4 Å². The van der Waals surface area contributed by atoms with Crippen LogP contribution in [0.2, 0.25) is 0 Å². The number of amides is 1. The average Bonchev–Trinajstić information content (AvgIpc) is 3.45. The second kappa shape index (κ2) is 62.4. The summed E-state index contributed by atoms with van der Waals surface area (Å²) in [5, 5.41) is 13.9. The molecule has 9 heteroatoms. The van der Waals surface area contributed by atoms with Gasteiger partial charge < -0.3 is 28.8 Å². The van der Waals surface area contributed by atoms with Crippen LogP contribution in [-0.4, -0.2) is 68.5 Å². The van der Waals surface area contributed by atoms with Crippen molar-refractivity contribution < 1.29 is 32.9 Å². The van der Waals surface area contributed by atoms with Crippen LogP contribution in [0.15, 0.2) is 122 Å². The number of carbonyl (C=O) groups excluding carboxylic acids is 1. The minimum absolute atomic E-state index is 0.0125. The lowest BCUT2D eigenvalue weighted by Crippen LogP contribution is -2.45. The van der Waals surface area contributed by atoms with E-state index in [2.05, 4.69) is 129 Å². The quantitative estimate of drug-likeness (QED) is 0.0272. The van der Waals surface area contributed by atoms with E-state index in [0.29, 0.717) is 17.4 Å². The first-order valence-corrected chi connectivity index (χ1v) is 35.4. The Hall–Kier alpha value is -3.10. The number of rotatable bonds is 61. The SMILES string of the molecule is CC/C=C\C/C=C\C/C=C\C/C=C\C/C=C\C/C=C\C/C=C\C/C=C\CCCCCCCCCCCCC(=O)NC(COP(=O)([O-])OCC[N+](C)(C)C)C(O)/C=C/CC/C=C/CCCCCCCCCCCCCCCCCCCCC. The smallest absolute Gasteiger partial charge is 0.268 e.